The largest absolute Gasteiger partial charge is 0.465 e. The molecule has 0 radical (unpaired) electrons. The molecule has 1 aliphatic rings. The molecule has 148 valence electrons. The van der Waals surface area contributed by atoms with E-state index in [2.05, 4.69) is 9.89 Å². The van der Waals surface area contributed by atoms with Gasteiger partial charge in [-0.1, -0.05) is 34.4 Å². The van der Waals surface area contributed by atoms with Gasteiger partial charge in [0, 0.05) is 27.6 Å². The van der Waals surface area contributed by atoms with E-state index in [1.54, 1.807) is 0 Å². The number of oxime groups is 1. The molecule has 0 amide bonds. The number of ether oxygens (including phenoxy) is 1. The zero-order valence-corrected chi connectivity index (χ0v) is 15.6. The van der Waals surface area contributed by atoms with Gasteiger partial charge in [0.2, 0.25) is 0 Å². The van der Waals surface area contributed by atoms with E-state index < -0.39 is 30.0 Å². The lowest BCUT2D eigenvalue weighted by atomic mass is 9.86. The van der Waals surface area contributed by atoms with Gasteiger partial charge in [-0.05, 0) is 30.3 Å². The molecule has 0 fully saturated rings. The van der Waals surface area contributed by atoms with Crippen LogP contribution in [-0.2, 0) is 15.2 Å². The average Bonchev–Trinajstić information content (AvgIpc) is 3.07. The Morgan fingerprint density at radius 3 is 2.36 bits per heavy atom. The summed E-state index contributed by atoms with van der Waals surface area (Å²) < 4.78 is 60.4. The van der Waals surface area contributed by atoms with Crippen LogP contribution in [0.1, 0.15) is 27.9 Å². The highest BCUT2D eigenvalue weighted by Crippen LogP contribution is 2.49. The molecule has 1 heterocycles. The number of benzene rings is 2. The fraction of sp³-hybridized carbons (Fsp3) is 0.222. The second-order valence-electron chi connectivity index (χ2n) is 5.98. The third-order valence-electron chi connectivity index (χ3n) is 4.22. The van der Waals surface area contributed by atoms with Crippen LogP contribution < -0.4 is 0 Å². The lowest BCUT2D eigenvalue weighted by molar-refractivity contribution is -0.275. The highest BCUT2D eigenvalue weighted by atomic mass is 35.5. The van der Waals surface area contributed by atoms with Crippen molar-refractivity contribution in [2.45, 2.75) is 18.2 Å². The summed E-state index contributed by atoms with van der Waals surface area (Å²) in [6.07, 6.45) is -5.60. The maximum atomic E-state index is 14.1. The van der Waals surface area contributed by atoms with Crippen LogP contribution in [0, 0.1) is 5.82 Å². The van der Waals surface area contributed by atoms with Crippen LogP contribution in [0.2, 0.25) is 10.0 Å². The number of carbonyl (C=O) groups is 1. The first-order valence-corrected chi connectivity index (χ1v) is 8.49. The van der Waals surface area contributed by atoms with Crippen LogP contribution in [0.5, 0.6) is 0 Å². The summed E-state index contributed by atoms with van der Waals surface area (Å²) in [5.41, 5.74) is -3.63. The quantitative estimate of drug-likeness (QED) is 0.472. The Balaban J connectivity index is 2.00. The molecule has 1 unspecified atom stereocenters. The summed E-state index contributed by atoms with van der Waals surface area (Å²) in [5, 5.41) is 3.52. The summed E-state index contributed by atoms with van der Waals surface area (Å²) in [6, 6.07) is 6.71. The molecule has 4 nitrogen and oxygen atoms in total. The minimum absolute atomic E-state index is 0.00310. The van der Waals surface area contributed by atoms with Crippen molar-refractivity contribution < 1.29 is 31.9 Å². The Morgan fingerprint density at radius 2 is 1.82 bits per heavy atom. The number of halogens is 6. The first-order valence-electron chi connectivity index (χ1n) is 7.74. The lowest BCUT2D eigenvalue weighted by Crippen LogP contribution is -2.42. The van der Waals surface area contributed by atoms with E-state index in [1.165, 1.54) is 12.1 Å². The van der Waals surface area contributed by atoms with Crippen LogP contribution in [0.4, 0.5) is 17.6 Å². The Bertz CT molecular complexity index is 958. The predicted octanol–water partition coefficient (Wildman–Crippen LogP) is 5.50. The molecule has 0 N–H and O–H groups in total. The van der Waals surface area contributed by atoms with Gasteiger partial charge in [0.15, 0.2) is 0 Å². The van der Waals surface area contributed by atoms with Gasteiger partial charge in [0.1, 0.15) is 5.82 Å². The van der Waals surface area contributed by atoms with E-state index in [0.717, 1.165) is 31.4 Å². The SMILES string of the molecule is COC(=O)c1ccc(C2=NOC(c3cc(Cl)cc(Cl)c3)(C(F)(F)F)C2)cc1F. The monoisotopic (exact) mass is 435 g/mol. The van der Waals surface area contributed by atoms with Gasteiger partial charge < -0.3 is 9.57 Å². The lowest BCUT2D eigenvalue weighted by Gasteiger charge is -2.29. The molecule has 3 rings (SSSR count). The molecule has 0 aromatic heterocycles. The zero-order chi connectivity index (χ0) is 20.7. The maximum Gasteiger partial charge on any atom is 0.435 e. The van der Waals surface area contributed by atoms with Crippen molar-refractivity contribution in [3.63, 3.8) is 0 Å². The van der Waals surface area contributed by atoms with Crippen molar-refractivity contribution in [1.82, 2.24) is 0 Å². The van der Waals surface area contributed by atoms with Gasteiger partial charge in [-0.3, -0.25) is 0 Å². The number of hydrogen-bond donors (Lipinski definition) is 0. The van der Waals surface area contributed by atoms with E-state index >= 15 is 0 Å². The normalized spacial score (nSPS) is 19.2. The number of carbonyl (C=O) groups excluding carboxylic acids is 1. The van der Waals surface area contributed by atoms with Crippen LogP contribution in [0.25, 0.3) is 0 Å². The van der Waals surface area contributed by atoms with Crippen molar-refractivity contribution in [3.05, 3.63) is 69.0 Å². The molecule has 1 atom stereocenters. The number of alkyl halides is 3. The van der Waals surface area contributed by atoms with Crippen molar-refractivity contribution in [2.75, 3.05) is 7.11 Å². The second kappa shape index (κ2) is 7.25. The van der Waals surface area contributed by atoms with Crippen LogP contribution in [-0.4, -0.2) is 25.0 Å². The van der Waals surface area contributed by atoms with Crippen molar-refractivity contribution in [1.29, 1.82) is 0 Å². The molecule has 28 heavy (non-hydrogen) atoms. The van der Waals surface area contributed by atoms with Gasteiger partial charge in [-0.2, -0.15) is 13.2 Å². The van der Waals surface area contributed by atoms with Crippen molar-refractivity contribution in [3.8, 4) is 0 Å². The predicted molar refractivity (Wildman–Crippen MR) is 94.2 cm³/mol. The first-order chi connectivity index (χ1) is 13.1. The van der Waals surface area contributed by atoms with Gasteiger partial charge >= 0.3 is 12.1 Å². The van der Waals surface area contributed by atoms with E-state index in [1.807, 2.05) is 0 Å². The first kappa shape index (κ1) is 20.4. The highest BCUT2D eigenvalue weighted by Gasteiger charge is 2.62. The molecule has 0 aliphatic carbocycles. The highest BCUT2D eigenvalue weighted by molar-refractivity contribution is 6.34. The second-order valence-corrected chi connectivity index (χ2v) is 6.85. The van der Waals surface area contributed by atoms with Crippen molar-refractivity contribution >= 4 is 34.9 Å². The number of esters is 1. The standard InChI is InChI=1S/C18H11Cl2F4NO3/c1-27-16(26)13-3-2-9(4-14(13)21)15-8-17(28-25-15,18(22,23)24)10-5-11(19)7-12(20)6-10/h2-7H,8H2,1H3. The number of nitrogens with zero attached hydrogens (tertiary/aromatic N) is 1. The summed E-state index contributed by atoms with van der Waals surface area (Å²) in [5.74, 6) is -1.87. The van der Waals surface area contributed by atoms with E-state index in [-0.39, 0.29) is 32.4 Å². The van der Waals surface area contributed by atoms with Gasteiger partial charge in [-0.15, -0.1) is 0 Å². The Morgan fingerprint density at radius 1 is 1.18 bits per heavy atom. The van der Waals surface area contributed by atoms with Crippen LogP contribution in [0.3, 0.4) is 0 Å². The van der Waals surface area contributed by atoms with Crippen LogP contribution in [0.15, 0.2) is 41.6 Å². The Labute approximate surface area is 166 Å². The molecule has 2 aromatic rings. The molecule has 10 heteroatoms. The smallest absolute Gasteiger partial charge is 0.435 e. The Hall–Kier alpha value is -2.32. The summed E-state index contributed by atoms with van der Waals surface area (Å²) in [4.78, 5) is 16.3. The third-order valence-corrected chi connectivity index (χ3v) is 4.66. The molecule has 0 saturated carbocycles. The molecule has 0 bridgehead atoms. The van der Waals surface area contributed by atoms with Crippen LogP contribution >= 0.6 is 23.2 Å². The van der Waals surface area contributed by atoms with Gasteiger partial charge in [-0.25, -0.2) is 9.18 Å². The number of methoxy groups -OCH3 is 1. The molecule has 0 spiro atoms. The minimum atomic E-state index is -4.86. The third kappa shape index (κ3) is 3.54. The molecule has 1 aliphatic heterocycles. The molecule has 0 saturated heterocycles. The fourth-order valence-electron chi connectivity index (χ4n) is 2.82. The topological polar surface area (TPSA) is 47.9 Å². The van der Waals surface area contributed by atoms with Crippen molar-refractivity contribution in [2.24, 2.45) is 5.16 Å². The fourth-order valence-corrected chi connectivity index (χ4v) is 3.34. The van der Waals surface area contributed by atoms with Gasteiger partial charge in [0.25, 0.3) is 5.60 Å². The molecular weight excluding hydrogens is 425 g/mol. The summed E-state index contributed by atoms with van der Waals surface area (Å²) in [7, 11) is 1.08. The van der Waals surface area contributed by atoms with E-state index in [4.69, 9.17) is 28.0 Å². The van der Waals surface area contributed by atoms with E-state index in [9.17, 15) is 22.4 Å². The van der Waals surface area contributed by atoms with E-state index in [0.29, 0.717) is 0 Å². The zero-order valence-electron chi connectivity index (χ0n) is 14.1. The van der Waals surface area contributed by atoms with Gasteiger partial charge in [0.05, 0.1) is 18.4 Å². The molecule has 2 aromatic carbocycles. The molecular formula is C18H11Cl2F4NO3. The minimum Gasteiger partial charge on any atom is -0.465 e. The number of rotatable bonds is 3. The number of hydrogen-bond acceptors (Lipinski definition) is 4. The summed E-state index contributed by atoms with van der Waals surface area (Å²) >= 11 is 11.7. The summed E-state index contributed by atoms with van der Waals surface area (Å²) in [6.45, 7) is 0. The average molecular weight is 436 g/mol. The Kier molecular flexibility index (Phi) is 5.29. The maximum absolute atomic E-state index is 14.1.